The van der Waals surface area contributed by atoms with Gasteiger partial charge in [0.2, 0.25) is 0 Å². The van der Waals surface area contributed by atoms with Crippen LogP contribution in [0.4, 0.5) is 4.79 Å². The van der Waals surface area contributed by atoms with Crippen molar-refractivity contribution in [3.63, 3.8) is 0 Å². The smallest absolute Gasteiger partial charge is 0.410 e. The fourth-order valence-corrected chi connectivity index (χ4v) is 4.02. The minimum Gasteiger partial charge on any atom is -0.449 e. The number of nitrogens with two attached hydrogens (primary N) is 1. The van der Waals surface area contributed by atoms with E-state index in [1.54, 1.807) is 0 Å². The van der Waals surface area contributed by atoms with Crippen molar-refractivity contribution < 1.29 is 9.53 Å². The predicted molar refractivity (Wildman–Crippen MR) is 77.5 cm³/mol. The molecule has 1 aliphatic carbocycles. The maximum atomic E-state index is 11.8. The van der Waals surface area contributed by atoms with Gasteiger partial charge in [0.1, 0.15) is 0 Å². The Balaban J connectivity index is 1.52. The summed E-state index contributed by atoms with van der Waals surface area (Å²) < 4.78 is 5.16. The van der Waals surface area contributed by atoms with E-state index in [1.165, 1.54) is 25.7 Å². The number of ether oxygens (including phenoxy) is 1. The summed E-state index contributed by atoms with van der Waals surface area (Å²) in [5.41, 5.74) is 6.28. The molecule has 1 unspecified atom stereocenters. The van der Waals surface area contributed by atoms with E-state index in [0.717, 1.165) is 38.9 Å². The summed E-state index contributed by atoms with van der Waals surface area (Å²) >= 11 is 0. The predicted octanol–water partition coefficient (Wildman–Crippen LogP) is 1.56. The molecule has 2 heterocycles. The highest BCUT2D eigenvalue weighted by Gasteiger charge is 2.34. The molecule has 1 amide bonds. The van der Waals surface area contributed by atoms with Gasteiger partial charge in [0, 0.05) is 37.8 Å². The summed E-state index contributed by atoms with van der Waals surface area (Å²) in [4.78, 5) is 16.3. The van der Waals surface area contributed by atoms with Gasteiger partial charge in [-0.05, 0) is 32.1 Å². The zero-order valence-electron chi connectivity index (χ0n) is 12.3. The van der Waals surface area contributed by atoms with Crippen molar-refractivity contribution in [1.82, 2.24) is 9.80 Å². The maximum Gasteiger partial charge on any atom is 0.410 e. The molecule has 0 aromatic rings. The Morgan fingerprint density at radius 3 is 2.45 bits per heavy atom. The van der Waals surface area contributed by atoms with E-state index in [0.29, 0.717) is 24.7 Å². The van der Waals surface area contributed by atoms with Crippen molar-refractivity contribution in [2.45, 2.75) is 63.1 Å². The van der Waals surface area contributed by atoms with Gasteiger partial charge in [0.15, 0.2) is 0 Å². The van der Waals surface area contributed by atoms with Crippen LogP contribution in [0.1, 0.15) is 44.9 Å². The average molecular weight is 281 g/mol. The Bertz CT molecular complexity index is 342. The molecule has 1 saturated carbocycles. The van der Waals surface area contributed by atoms with Gasteiger partial charge in [0.05, 0.1) is 6.61 Å². The number of hydrogen-bond acceptors (Lipinski definition) is 4. The molecule has 3 rings (SSSR count). The van der Waals surface area contributed by atoms with Crippen LogP contribution in [-0.4, -0.2) is 60.3 Å². The van der Waals surface area contributed by atoms with E-state index in [4.69, 9.17) is 10.5 Å². The van der Waals surface area contributed by atoms with Crippen molar-refractivity contribution in [2.24, 2.45) is 5.73 Å². The minimum absolute atomic E-state index is 0.107. The SMILES string of the molecule is N[C@H]1CCCCC1N1CCC(N2CCCOC2=O)CC1. The summed E-state index contributed by atoms with van der Waals surface area (Å²) in [5, 5.41) is 0. The van der Waals surface area contributed by atoms with Crippen LogP contribution < -0.4 is 5.73 Å². The summed E-state index contributed by atoms with van der Waals surface area (Å²) in [7, 11) is 0. The molecular weight excluding hydrogens is 254 g/mol. The second kappa shape index (κ2) is 6.31. The van der Waals surface area contributed by atoms with Crippen LogP contribution >= 0.6 is 0 Å². The number of amides is 1. The van der Waals surface area contributed by atoms with Gasteiger partial charge < -0.3 is 15.4 Å². The molecule has 5 heteroatoms. The Morgan fingerprint density at radius 2 is 1.75 bits per heavy atom. The van der Waals surface area contributed by atoms with Crippen LogP contribution in [0.25, 0.3) is 0 Å². The van der Waals surface area contributed by atoms with Gasteiger partial charge in [-0.1, -0.05) is 12.8 Å². The van der Waals surface area contributed by atoms with Crippen molar-refractivity contribution in [2.75, 3.05) is 26.2 Å². The number of nitrogens with zero attached hydrogens (tertiary/aromatic N) is 2. The third-order valence-electron chi connectivity index (χ3n) is 5.19. The first-order valence-corrected chi connectivity index (χ1v) is 8.19. The highest BCUT2D eigenvalue weighted by Crippen LogP contribution is 2.27. The number of carbonyl (C=O) groups is 1. The normalized spacial score (nSPS) is 34.0. The summed E-state index contributed by atoms with van der Waals surface area (Å²) in [5.74, 6) is 0. The Hall–Kier alpha value is -0.810. The fourth-order valence-electron chi connectivity index (χ4n) is 4.02. The lowest BCUT2D eigenvalue weighted by Gasteiger charge is -2.44. The van der Waals surface area contributed by atoms with E-state index < -0.39 is 0 Å². The van der Waals surface area contributed by atoms with E-state index in [1.807, 2.05) is 4.90 Å². The number of rotatable bonds is 2. The number of cyclic esters (lactones) is 1. The zero-order valence-corrected chi connectivity index (χ0v) is 12.3. The van der Waals surface area contributed by atoms with E-state index in [2.05, 4.69) is 4.90 Å². The van der Waals surface area contributed by atoms with Crippen molar-refractivity contribution in [1.29, 1.82) is 0 Å². The number of piperidine rings is 1. The molecule has 2 atom stereocenters. The Morgan fingerprint density at radius 1 is 1.00 bits per heavy atom. The van der Waals surface area contributed by atoms with Crippen molar-refractivity contribution in [3.8, 4) is 0 Å². The first-order chi connectivity index (χ1) is 9.75. The standard InChI is InChI=1S/C15H27N3O2/c16-13-4-1-2-5-14(13)17-9-6-12(7-10-17)18-8-3-11-20-15(18)19/h12-14H,1-11,16H2/t13-,14?/m0/s1. The number of hydrogen-bond donors (Lipinski definition) is 1. The van der Waals surface area contributed by atoms with E-state index in [-0.39, 0.29) is 6.09 Å². The first kappa shape index (κ1) is 14.1. The van der Waals surface area contributed by atoms with Crippen LogP contribution in [0.3, 0.4) is 0 Å². The highest BCUT2D eigenvalue weighted by atomic mass is 16.6. The molecule has 0 bridgehead atoms. The summed E-state index contributed by atoms with van der Waals surface area (Å²) in [6.07, 6.45) is 8.02. The van der Waals surface area contributed by atoms with Crippen LogP contribution in [0, 0.1) is 0 Å². The Labute approximate surface area is 121 Å². The average Bonchev–Trinajstić information content (AvgIpc) is 2.49. The molecule has 20 heavy (non-hydrogen) atoms. The fraction of sp³-hybridized carbons (Fsp3) is 0.933. The Kier molecular flexibility index (Phi) is 4.46. The number of carbonyl (C=O) groups excluding carboxylic acids is 1. The zero-order chi connectivity index (χ0) is 13.9. The molecule has 0 aromatic heterocycles. The van der Waals surface area contributed by atoms with Gasteiger partial charge >= 0.3 is 6.09 Å². The third-order valence-corrected chi connectivity index (χ3v) is 5.19. The molecule has 5 nitrogen and oxygen atoms in total. The molecule has 2 saturated heterocycles. The van der Waals surface area contributed by atoms with Gasteiger partial charge in [-0.15, -0.1) is 0 Å². The molecule has 2 N–H and O–H groups in total. The minimum atomic E-state index is -0.107. The molecular formula is C15H27N3O2. The van der Waals surface area contributed by atoms with Crippen LogP contribution in [-0.2, 0) is 4.74 Å². The highest BCUT2D eigenvalue weighted by molar-refractivity contribution is 5.68. The summed E-state index contributed by atoms with van der Waals surface area (Å²) in [6, 6.07) is 1.29. The van der Waals surface area contributed by atoms with Crippen LogP contribution in [0.2, 0.25) is 0 Å². The molecule has 0 radical (unpaired) electrons. The van der Waals surface area contributed by atoms with Gasteiger partial charge in [-0.3, -0.25) is 4.90 Å². The molecule has 3 fully saturated rings. The maximum absolute atomic E-state index is 11.8. The lowest BCUT2D eigenvalue weighted by Crippen LogP contribution is -2.55. The first-order valence-electron chi connectivity index (χ1n) is 8.19. The van der Waals surface area contributed by atoms with Crippen LogP contribution in [0.15, 0.2) is 0 Å². The van der Waals surface area contributed by atoms with E-state index in [9.17, 15) is 4.79 Å². The van der Waals surface area contributed by atoms with Crippen molar-refractivity contribution >= 4 is 6.09 Å². The lowest BCUT2D eigenvalue weighted by atomic mass is 9.88. The molecule has 2 aliphatic heterocycles. The monoisotopic (exact) mass is 281 g/mol. The second-order valence-electron chi connectivity index (χ2n) is 6.44. The largest absolute Gasteiger partial charge is 0.449 e. The van der Waals surface area contributed by atoms with Gasteiger partial charge in [-0.25, -0.2) is 4.79 Å². The lowest BCUT2D eigenvalue weighted by molar-refractivity contribution is 0.0262. The van der Waals surface area contributed by atoms with Gasteiger partial charge in [-0.2, -0.15) is 0 Å². The number of likely N-dealkylation sites (tertiary alicyclic amines) is 1. The molecule has 0 spiro atoms. The molecule has 114 valence electrons. The quantitative estimate of drug-likeness (QED) is 0.834. The summed E-state index contributed by atoms with van der Waals surface area (Å²) in [6.45, 7) is 3.61. The van der Waals surface area contributed by atoms with Crippen LogP contribution in [0.5, 0.6) is 0 Å². The topological polar surface area (TPSA) is 58.8 Å². The molecule has 0 aromatic carbocycles. The van der Waals surface area contributed by atoms with Crippen molar-refractivity contribution in [3.05, 3.63) is 0 Å². The third kappa shape index (κ3) is 2.93. The second-order valence-corrected chi connectivity index (χ2v) is 6.44. The molecule has 3 aliphatic rings. The van der Waals surface area contributed by atoms with Gasteiger partial charge in [0.25, 0.3) is 0 Å². The van der Waals surface area contributed by atoms with E-state index >= 15 is 0 Å².